The molecule has 1 atom stereocenters. The fraction of sp³-hybridized carbons (Fsp3) is 0.688. The van der Waals surface area contributed by atoms with Gasteiger partial charge >= 0.3 is 0 Å². The average Bonchev–Trinajstić information content (AvgIpc) is 2.68. The second-order valence-corrected chi connectivity index (χ2v) is 7.55. The largest absolute Gasteiger partial charge is 0.284 e. The molecule has 0 bridgehead atoms. The van der Waals surface area contributed by atoms with Crippen LogP contribution in [-0.2, 0) is 5.41 Å². The van der Waals surface area contributed by atoms with Crippen LogP contribution < -0.4 is 0 Å². The maximum absolute atomic E-state index is 9.55. The van der Waals surface area contributed by atoms with E-state index in [4.69, 9.17) is 0 Å². The molecular formula is C16H24N2S. The minimum absolute atomic E-state index is 0.0424. The van der Waals surface area contributed by atoms with Crippen molar-refractivity contribution in [3.63, 3.8) is 0 Å². The zero-order valence-corrected chi connectivity index (χ0v) is 13.1. The van der Waals surface area contributed by atoms with Crippen LogP contribution in [0.5, 0.6) is 0 Å². The molecule has 0 N–H and O–H groups in total. The van der Waals surface area contributed by atoms with Crippen LogP contribution in [0.2, 0.25) is 0 Å². The summed E-state index contributed by atoms with van der Waals surface area (Å²) in [5.74, 6) is 0. The van der Waals surface area contributed by atoms with Gasteiger partial charge in [0.15, 0.2) is 0 Å². The van der Waals surface area contributed by atoms with Gasteiger partial charge in [-0.1, -0.05) is 33.6 Å². The Morgan fingerprint density at radius 2 is 1.79 bits per heavy atom. The van der Waals surface area contributed by atoms with Gasteiger partial charge in [0, 0.05) is 9.75 Å². The van der Waals surface area contributed by atoms with E-state index in [9.17, 15) is 5.26 Å². The van der Waals surface area contributed by atoms with Crippen molar-refractivity contribution >= 4 is 11.3 Å². The minimum Gasteiger partial charge on any atom is -0.284 e. The lowest BCUT2D eigenvalue weighted by Gasteiger charge is -2.24. The first kappa shape index (κ1) is 14.6. The van der Waals surface area contributed by atoms with E-state index < -0.39 is 0 Å². The first-order valence-corrected chi connectivity index (χ1v) is 8.08. The van der Waals surface area contributed by atoms with Gasteiger partial charge in [-0.2, -0.15) is 5.26 Å². The van der Waals surface area contributed by atoms with Crippen molar-refractivity contribution in [2.45, 2.75) is 57.9 Å². The molecule has 0 amide bonds. The molecule has 104 valence electrons. The molecule has 2 rings (SSSR count). The zero-order valence-electron chi connectivity index (χ0n) is 12.3. The molecule has 1 aromatic rings. The van der Waals surface area contributed by atoms with E-state index in [0.29, 0.717) is 0 Å². The van der Waals surface area contributed by atoms with Crippen LogP contribution in [-0.4, -0.2) is 18.0 Å². The molecule has 1 unspecified atom stereocenters. The van der Waals surface area contributed by atoms with Gasteiger partial charge in [-0.05, 0) is 43.5 Å². The molecule has 0 aromatic carbocycles. The molecule has 1 aliphatic rings. The Balaban J connectivity index is 2.17. The molecule has 0 saturated carbocycles. The Bertz CT molecular complexity index is 442. The van der Waals surface area contributed by atoms with Gasteiger partial charge in [0.2, 0.25) is 0 Å². The fourth-order valence-electron chi connectivity index (χ4n) is 2.58. The molecule has 1 fully saturated rings. The zero-order chi connectivity index (χ0) is 13.9. The highest BCUT2D eigenvalue weighted by atomic mass is 32.1. The number of thiophene rings is 1. The summed E-state index contributed by atoms with van der Waals surface area (Å²) in [4.78, 5) is 4.96. The summed E-state index contributed by atoms with van der Waals surface area (Å²) < 4.78 is 0. The van der Waals surface area contributed by atoms with Crippen molar-refractivity contribution in [2.24, 2.45) is 0 Å². The highest BCUT2D eigenvalue weighted by Crippen LogP contribution is 2.34. The van der Waals surface area contributed by atoms with Gasteiger partial charge < -0.3 is 0 Å². The van der Waals surface area contributed by atoms with E-state index in [1.165, 1.54) is 35.4 Å². The van der Waals surface area contributed by atoms with Crippen molar-refractivity contribution < 1.29 is 0 Å². The number of nitrogens with zero attached hydrogens (tertiary/aromatic N) is 2. The Morgan fingerprint density at radius 3 is 2.26 bits per heavy atom. The van der Waals surface area contributed by atoms with Crippen molar-refractivity contribution in [1.29, 1.82) is 5.26 Å². The van der Waals surface area contributed by atoms with Crippen LogP contribution in [0.3, 0.4) is 0 Å². The molecule has 2 nitrogen and oxygen atoms in total. The van der Waals surface area contributed by atoms with E-state index in [1.807, 2.05) is 11.3 Å². The van der Waals surface area contributed by atoms with Crippen LogP contribution in [0, 0.1) is 11.3 Å². The van der Waals surface area contributed by atoms with Crippen LogP contribution in [0.4, 0.5) is 0 Å². The Labute approximate surface area is 121 Å². The summed E-state index contributed by atoms with van der Waals surface area (Å²) >= 11 is 1.81. The third-order valence-corrected chi connectivity index (χ3v) is 5.33. The summed E-state index contributed by atoms with van der Waals surface area (Å²) in [5.41, 5.74) is 0.182. The van der Waals surface area contributed by atoms with Crippen LogP contribution in [0.25, 0.3) is 0 Å². The third kappa shape index (κ3) is 3.58. The summed E-state index contributed by atoms with van der Waals surface area (Å²) in [7, 11) is 0. The predicted octanol–water partition coefficient (Wildman–Crippen LogP) is 4.49. The topological polar surface area (TPSA) is 27.0 Å². The summed E-state index contributed by atoms with van der Waals surface area (Å²) in [5, 5.41) is 9.55. The van der Waals surface area contributed by atoms with Gasteiger partial charge in [-0.25, -0.2) is 0 Å². The first-order valence-electron chi connectivity index (χ1n) is 7.26. The van der Waals surface area contributed by atoms with Crippen molar-refractivity contribution in [2.75, 3.05) is 13.1 Å². The van der Waals surface area contributed by atoms with E-state index in [-0.39, 0.29) is 11.5 Å². The van der Waals surface area contributed by atoms with E-state index in [0.717, 1.165) is 13.1 Å². The number of likely N-dealkylation sites (tertiary alicyclic amines) is 1. The molecule has 2 heterocycles. The number of hydrogen-bond acceptors (Lipinski definition) is 3. The highest BCUT2D eigenvalue weighted by molar-refractivity contribution is 7.12. The van der Waals surface area contributed by atoms with Gasteiger partial charge in [-0.3, -0.25) is 4.90 Å². The monoisotopic (exact) mass is 276 g/mol. The quantitative estimate of drug-likeness (QED) is 0.796. The maximum Gasteiger partial charge on any atom is 0.133 e. The molecule has 0 spiro atoms. The normalized spacial score (nSPS) is 19.7. The number of nitriles is 1. The smallest absolute Gasteiger partial charge is 0.133 e. The van der Waals surface area contributed by atoms with Crippen LogP contribution in [0.1, 0.15) is 62.3 Å². The molecule has 1 saturated heterocycles. The second-order valence-electron chi connectivity index (χ2n) is 6.43. The lowest BCUT2D eigenvalue weighted by atomic mass is 9.95. The van der Waals surface area contributed by atoms with Crippen molar-refractivity contribution in [1.82, 2.24) is 4.90 Å². The Kier molecular flexibility index (Phi) is 4.65. The van der Waals surface area contributed by atoms with Gasteiger partial charge in [0.1, 0.15) is 6.04 Å². The molecule has 1 aromatic heterocycles. The third-order valence-electron chi connectivity index (χ3n) is 3.76. The summed E-state index contributed by atoms with van der Waals surface area (Å²) in [6.45, 7) is 8.84. The predicted molar refractivity (Wildman–Crippen MR) is 81.4 cm³/mol. The molecule has 3 heteroatoms. The number of hydrogen-bond donors (Lipinski definition) is 0. The Morgan fingerprint density at radius 1 is 1.16 bits per heavy atom. The first-order chi connectivity index (χ1) is 9.02. The SMILES string of the molecule is CC(C)(C)c1ccc(C(C#N)N2CCCCCC2)s1. The molecule has 0 aliphatic carbocycles. The summed E-state index contributed by atoms with van der Waals surface area (Å²) in [6, 6.07) is 6.83. The van der Waals surface area contributed by atoms with E-state index in [1.54, 1.807) is 0 Å². The summed E-state index contributed by atoms with van der Waals surface area (Å²) in [6.07, 6.45) is 5.09. The van der Waals surface area contributed by atoms with Crippen molar-refractivity contribution in [3.05, 3.63) is 21.9 Å². The van der Waals surface area contributed by atoms with Crippen molar-refractivity contribution in [3.8, 4) is 6.07 Å². The van der Waals surface area contributed by atoms with Gasteiger partial charge in [0.25, 0.3) is 0 Å². The van der Waals surface area contributed by atoms with Gasteiger partial charge in [-0.15, -0.1) is 11.3 Å². The van der Waals surface area contributed by atoms with Gasteiger partial charge in [0.05, 0.1) is 6.07 Å². The lowest BCUT2D eigenvalue weighted by Crippen LogP contribution is -2.28. The Hall–Kier alpha value is -0.850. The van der Waals surface area contributed by atoms with Crippen LogP contribution in [0.15, 0.2) is 12.1 Å². The van der Waals surface area contributed by atoms with Crippen LogP contribution >= 0.6 is 11.3 Å². The minimum atomic E-state index is -0.0424. The average molecular weight is 276 g/mol. The highest BCUT2D eigenvalue weighted by Gasteiger charge is 2.24. The van der Waals surface area contributed by atoms with E-state index >= 15 is 0 Å². The maximum atomic E-state index is 9.55. The molecule has 1 aliphatic heterocycles. The van der Waals surface area contributed by atoms with E-state index in [2.05, 4.69) is 43.9 Å². The standard InChI is InChI=1S/C16H24N2S/c1-16(2,3)15-9-8-14(19-15)13(12-17)18-10-6-4-5-7-11-18/h8-9,13H,4-7,10-11H2,1-3H3. The number of rotatable bonds is 2. The molecular weight excluding hydrogens is 252 g/mol. The molecule has 0 radical (unpaired) electrons. The lowest BCUT2D eigenvalue weighted by molar-refractivity contribution is 0.248. The molecule has 19 heavy (non-hydrogen) atoms. The second kappa shape index (κ2) is 6.07. The fourth-order valence-corrected chi connectivity index (χ4v) is 3.73.